The van der Waals surface area contributed by atoms with E-state index in [9.17, 15) is 0 Å². The summed E-state index contributed by atoms with van der Waals surface area (Å²) in [6.45, 7) is 5.25. The van der Waals surface area contributed by atoms with Gasteiger partial charge in [0.2, 0.25) is 0 Å². The smallest absolute Gasteiger partial charge is 0.181 e. The molecule has 1 aliphatic carbocycles. The Hall–Kier alpha value is -3.47. The average molecular weight is 409 g/mol. The van der Waals surface area contributed by atoms with E-state index in [1.807, 2.05) is 12.4 Å². The number of rotatable bonds is 3. The molecule has 1 saturated carbocycles. The second-order valence-electron chi connectivity index (χ2n) is 9.11. The van der Waals surface area contributed by atoms with Crippen molar-refractivity contribution in [3.63, 3.8) is 0 Å². The van der Waals surface area contributed by atoms with Crippen molar-refractivity contribution in [1.29, 1.82) is 0 Å². The molecule has 0 amide bonds. The fourth-order valence-electron chi connectivity index (χ4n) is 5.38. The molecule has 2 aromatic heterocycles. The van der Waals surface area contributed by atoms with Crippen molar-refractivity contribution in [1.82, 2.24) is 14.5 Å². The van der Waals surface area contributed by atoms with E-state index >= 15 is 0 Å². The Balaban J connectivity index is 1.56. The van der Waals surface area contributed by atoms with Gasteiger partial charge in [-0.1, -0.05) is 50.2 Å². The SMILES string of the molecule is CC1CC(C)(c2ccc3c(c2)C(c2ccccc2)=NCc2c(-c4cnco4)ncn2-3)C1. The summed E-state index contributed by atoms with van der Waals surface area (Å²) in [6, 6.07) is 17.3. The molecule has 0 saturated heterocycles. The zero-order valence-corrected chi connectivity index (χ0v) is 17.7. The summed E-state index contributed by atoms with van der Waals surface area (Å²) in [6.07, 6.45) is 7.49. The first-order valence-corrected chi connectivity index (χ1v) is 10.8. The highest BCUT2D eigenvalue weighted by Gasteiger charge is 2.39. The Labute approximate surface area is 181 Å². The average Bonchev–Trinajstić information content (AvgIpc) is 3.40. The molecule has 2 aliphatic rings. The van der Waals surface area contributed by atoms with Crippen molar-refractivity contribution in [3.8, 4) is 17.1 Å². The molecule has 1 fully saturated rings. The number of oxazole rings is 1. The van der Waals surface area contributed by atoms with Crippen LogP contribution < -0.4 is 0 Å². The molecule has 0 N–H and O–H groups in total. The zero-order valence-electron chi connectivity index (χ0n) is 17.7. The van der Waals surface area contributed by atoms with Gasteiger partial charge in [0.15, 0.2) is 12.2 Å². The molecule has 5 nitrogen and oxygen atoms in total. The monoisotopic (exact) mass is 408 g/mol. The molecule has 0 bridgehead atoms. The normalized spacial score (nSPS) is 22.1. The minimum absolute atomic E-state index is 0.241. The molecule has 1 aliphatic heterocycles. The number of hydrogen-bond donors (Lipinski definition) is 0. The van der Waals surface area contributed by atoms with Gasteiger partial charge in [0.25, 0.3) is 0 Å². The second-order valence-corrected chi connectivity index (χ2v) is 9.11. The van der Waals surface area contributed by atoms with Gasteiger partial charge in [-0.05, 0) is 41.9 Å². The maximum Gasteiger partial charge on any atom is 0.181 e. The topological polar surface area (TPSA) is 56.2 Å². The number of nitrogens with zero attached hydrogens (tertiary/aromatic N) is 4. The summed E-state index contributed by atoms with van der Waals surface area (Å²) < 4.78 is 7.70. The maximum absolute atomic E-state index is 5.54. The van der Waals surface area contributed by atoms with Crippen molar-refractivity contribution >= 4 is 5.71 Å². The van der Waals surface area contributed by atoms with Gasteiger partial charge in [0, 0.05) is 11.1 Å². The zero-order chi connectivity index (χ0) is 21.0. The predicted octanol–water partition coefficient (Wildman–Crippen LogP) is 5.57. The third-order valence-electron chi connectivity index (χ3n) is 6.77. The van der Waals surface area contributed by atoms with Crippen molar-refractivity contribution < 1.29 is 4.42 Å². The van der Waals surface area contributed by atoms with E-state index in [4.69, 9.17) is 9.41 Å². The molecule has 0 spiro atoms. The van der Waals surface area contributed by atoms with E-state index in [2.05, 4.69) is 70.8 Å². The Kier molecular flexibility index (Phi) is 4.00. The number of aliphatic imine (C=N–C) groups is 1. The summed E-state index contributed by atoms with van der Waals surface area (Å²) in [5, 5.41) is 0. The van der Waals surface area contributed by atoms with Crippen LogP contribution in [0.15, 0.2) is 76.9 Å². The van der Waals surface area contributed by atoms with Gasteiger partial charge in [-0.2, -0.15) is 0 Å². The number of aromatic nitrogens is 3. The highest BCUT2D eigenvalue weighted by Crippen LogP contribution is 2.48. The van der Waals surface area contributed by atoms with Crippen LogP contribution in [0, 0.1) is 5.92 Å². The standard InChI is InChI=1S/C26H24N4O/c1-17-11-26(2,12-17)19-8-9-21-20(10-19)24(18-6-4-3-5-7-18)28-13-22-25(29-15-30(21)22)23-14-27-16-31-23/h3-10,14-17H,11-13H2,1-2H3. The number of fused-ring (bicyclic) bond motifs is 3. The molecule has 3 heterocycles. The Bertz CT molecular complexity index is 1280. The molecule has 31 heavy (non-hydrogen) atoms. The molecule has 0 unspecified atom stereocenters. The Morgan fingerprint density at radius 1 is 1.10 bits per heavy atom. The van der Waals surface area contributed by atoms with Crippen LogP contribution in [-0.2, 0) is 12.0 Å². The quantitative estimate of drug-likeness (QED) is 0.445. The lowest BCUT2D eigenvalue weighted by Crippen LogP contribution is -2.37. The number of benzene rings is 2. The van der Waals surface area contributed by atoms with E-state index in [1.54, 1.807) is 6.20 Å². The van der Waals surface area contributed by atoms with E-state index in [-0.39, 0.29) is 5.41 Å². The van der Waals surface area contributed by atoms with Gasteiger partial charge < -0.3 is 4.42 Å². The molecule has 5 heteroatoms. The first kappa shape index (κ1) is 18.3. The lowest BCUT2D eigenvalue weighted by atomic mass is 9.60. The lowest BCUT2D eigenvalue weighted by molar-refractivity contribution is 0.178. The first-order valence-electron chi connectivity index (χ1n) is 10.8. The lowest BCUT2D eigenvalue weighted by Gasteiger charge is -2.44. The van der Waals surface area contributed by atoms with Gasteiger partial charge in [0.05, 0.1) is 29.8 Å². The van der Waals surface area contributed by atoms with Gasteiger partial charge in [-0.3, -0.25) is 9.56 Å². The third kappa shape index (κ3) is 2.87. The number of hydrogen-bond acceptors (Lipinski definition) is 4. The number of imidazole rings is 1. The first-order chi connectivity index (χ1) is 15.1. The largest absolute Gasteiger partial charge is 0.442 e. The van der Waals surface area contributed by atoms with Crippen molar-refractivity contribution in [2.24, 2.45) is 10.9 Å². The van der Waals surface area contributed by atoms with Crippen LogP contribution in [0.2, 0.25) is 0 Å². The highest BCUT2D eigenvalue weighted by molar-refractivity contribution is 6.15. The molecule has 0 atom stereocenters. The van der Waals surface area contributed by atoms with Crippen molar-refractivity contribution in [2.45, 2.75) is 38.6 Å². The van der Waals surface area contributed by atoms with Crippen LogP contribution in [0.5, 0.6) is 0 Å². The predicted molar refractivity (Wildman–Crippen MR) is 121 cm³/mol. The summed E-state index contributed by atoms with van der Waals surface area (Å²) >= 11 is 0. The van der Waals surface area contributed by atoms with E-state index < -0.39 is 0 Å². The highest BCUT2D eigenvalue weighted by atomic mass is 16.3. The van der Waals surface area contributed by atoms with Crippen molar-refractivity contribution in [2.75, 3.05) is 0 Å². The summed E-state index contributed by atoms with van der Waals surface area (Å²) in [5.74, 6) is 1.46. The van der Waals surface area contributed by atoms with Crippen LogP contribution >= 0.6 is 0 Å². The van der Waals surface area contributed by atoms with Crippen LogP contribution in [0.25, 0.3) is 17.1 Å². The maximum atomic E-state index is 5.54. The van der Waals surface area contributed by atoms with Gasteiger partial charge in [-0.15, -0.1) is 0 Å². The van der Waals surface area contributed by atoms with Crippen LogP contribution in [-0.4, -0.2) is 20.2 Å². The van der Waals surface area contributed by atoms with Crippen LogP contribution in [0.1, 0.15) is 49.1 Å². The van der Waals surface area contributed by atoms with Crippen LogP contribution in [0.3, 0.4) is 0 Å². The molecular formula is C26H24N4O. The molecule has 154 valence electrons. The van der Waals surface area contributed by atoms with E-state index in [0.29, 0.717) is 12.3 Å². The molecule has 6 rings (SSSR count). The van der Waals surface area contributed by atoms with Gasteiger partial charge in [0.1, 0.15) is 12.0 Å². The fourth-order valence-corrected chi connectivity index (χ4v) is 5.38. The molecule has 4 aromatic rings. The van der Waals surface area contributed by atoms with Gasteiger partial charge >= 0.3 is 0 Å². The fraction of sp³-hybridized carbons (Fsp3) is 0.269. The summed E-state index contributed by atoms with van der Waals surface area (Å²) in [4.78, 5) is 13.8. The molecule has 2 aromatic carbocycles. The van der Waals surface area contributed by atoms with Gasteiger partial charge in [-0.25, -0.2) is 9.97 Å². The second kappa shape index (κ2) is 6.77. The summed E-state index contributed by atoms with van der Waals surface area (Å²) in [5.41, 5.74) is 7.87. The van der Waals surface area contributed by atoms with Crippen LogP contribution in [0.4, 0.5) is 0 Å². The summed E-state index contributed by atoms with van der Waals surface area (Å²) in [7, 11) is 0. The Morgan fingerprint density at radius 3 is 2.68 bits per heavy atom. The minimum atomic E-state index is 0.241. The third-order valence-corrected chi connectivity index (χ3v) is 6.77. The molecule has 0 radical (unpaired) electrons. The minimum Gasteiger partial charge on any atom is -0.442 e. The molecular weight excluding hydrogens is 384 g/mol. The Morgan fingerprint density at radius 2 is 1.94 bits per heavy atom. The van der Waals surface area contributed by atoms with Crippen molar-refractivity contribution in [3.05, 3.63) is 89.8 Å². The van der Waals surface area contributed by atoms with E-state index in [0.717, 1.165) is 39.8 Å². The van der Waals surface area contributed by atoms with E-state index in [1.165, 1.54) is 24.8 Å².